The zero-order valence-corrected chi connectivity index (χ0v) is 16.0. The topological polar surface area (TPSA) is 35.6 Å². The van der Waals surface area contributed by atoms with Gasteiger partial charge in [0.1, 0.15) is 0 Å². The van der Waals surface area contributed by atoms with E-state index in [0.717, 1.165) is 17.8 Å². The summed E-state index contributed by atoms with van der Waals surface area (Å²) >= 11 is 0. The van der Waals surface area contributed by atoms with E-state index in [2.05, 4.69) is 48.3 Å². The number of piperazine rings is 1. The predicted octanol–water partition coefficient (Wildman–Crippen LogP) is 5.18. The van der Waals surface area contributed by atoms with Crippen molar-refractivity contribution in [1.29, 1.82) is 0 Å². The van der Waals surface area contributed by atoms with Crippen molar-refractivity contribution in [2.75, 3.05) is 36.4 Å². The Bertz CT molecular complexity index is 810. The second kappa shape index (κ2) is 8.12. The van der Waals surface area contributed by atoms with E-state index in [1.54, 1.807) is 4.90 Å². The first-order valence-corrected chi connectivity index (χ1v) is 9.32. The Hall–Kier alpha value is -2.70. The highest BCUT2D eigenvalue weighted by atomic mass is 19.4. The number of halogens is 3. The summed E-state index contributed by atoms with van der Waals surface area (Å²) in [6, 6.07) is 12.7. The van der Waals surface area contributed by atoms with E-state index < -0.39 is 11.7 Å². The second-order valence-corrected chi connectivity index (χ2v) is 7.23. The van der Waals surface area contributed by atoms with Gasteiger partial charge in [0.15, 0.2) is 0 Å². The third-order valence-electron chi connectivity index (χ3n) is 4.93. The fraction of sp³-hybridized carbons (Fsp3) is 0.381. The number of hydrogen-bond acceptors (Lipinski definition) is 2. The Morgan fingerprint density at radius 1 is 1.00 bits per heavy atom. The molecule has 28 heavy (non-hydrogen) atoms. The first-order chi connectivity index (χ1) is 13.2. The molecule has 0 bridgehead atoms. The molecule has 150 valence electrons. The highest BCUT2D eigenvalue weighted by Gasteiger charge is 2.30. The SMILES string of the molecule is CC(C)c1ccc(N2CCN(C(=O)Nc3cccc(C(F)(F)F)c3)CC2)cc1. The van der Waals surface area contributed by atoms with Gasteiger partial charge < -0.3 is 15.1 Å². The smallest absolute Gasteiger partial charge is 0.368 e. The zero-order chi connectivity index (χ0) is 20.3. The largest absolute Gasteiger partial charge is 0.416 e. The highest BCUT2D eigenvalue weighted by Crippen LogP contribution is 2.30. The number of urea groups is 1. The van der Waals surface area contributed by atoms with Crippen LogP contribution in [0.4, 0.5) is 29.3 Å². The number of amides is 2. The summed E-state index contributed by atoms with van der Waals surface area (Å²) in [5.41, 5.74) is 1.76. The molecule has 0 unspecified atom stereocenters. The first kappa shape index (κ1) is 20.0. The number of benzene rings is 2. The lowest BCUT2D eigenvalue weighted by molar-refractivity contribution is -0.137. The molecule has 2 amide bonds. The molecule has 1 aliphatic heterocycles. The molecule has 2 aromatic carbocycles. The van der Waals surface area contributed by atoms with E-state index in [4.69, 9.17) is 0 Å². The predicted molar refractivity (Wildman–Crippen MR) is 105 cm³/mol. The number of anilines is 2. The number of nitrogens with one attached hydrogen (secondary N) is 1. The van der Waals surface area contributed by atoms with Gasteiger partial charge in [-0.15, -0.1) is 0 Å². The number of nitrogens with zero attached hydrogens (tertiary/aromatic N) is 2. The summed E-state index contributed by atoms with van der Waals surface area (Å²) in [6.45, 7) is 6.68. The molecule has 0 atom stereocenters. The quantitative estimate of drug-likeness (QED) is 0.782. The van der Waals surface area contributed by atoms with Gasteiger partial charge in [0, 0.05) is 37.6 Å². The van der Waals surface area contributed by atoms with Crippen molar-refractivity contribution < 1.29 is 18.0 Å². The average molecular weight is 391 g/mol. The molecule has 0 radical (unpaired) electrons. The molecular weight excluding hydrogens is 367 g/mol. The molecule has 1 saturated heterocycles. The molecule has 0 spiro atoms. The number of hydrogen-bond donors (Lipinski definition) is 1. The van der Waals surface area contributed by atoms with E-state index in [0.29, 0.717) is 32.1 Å². The second-order valence-electron chi connectivity index (χ2n) is 7.23. The third kappa shape index (κ3) is 4.77. The molecule has 4 nitrogen and oxygen atoms in total. The lowest BCUT2D eigenvalue weighted by Gasteiger charge is -2.36. The van der Waals surface area contributed by atoms with Crippen LogP contribution in [0.25, 0.3) is 0 Å². The minimum atomic E-state index is -4.43. The number of rotatable bonds is 3. The lowest BCUT2D eigenvalue weighted by Crippen LogP contribution is -2.50. The van der Waals surface area contributed by atoms with Crippen LogP contribution >= 0.6 is 0 Å². The normalized spacial score (nSPS) is 15.1. The summed E-state index contributed by atoms with van der Waals surface area (Å²) in [6.07, 6.45) is -4.43. The third-order valence-corrected chi connectivity index (χ3v) is 4.93. The average Bonchev–Trinajstić information content (AvgIpc) is 2.68. The molecule has 1 aliphatic rings. The van der Waals surface area contributed by atoms with Crippen LogP contribution in [0.5, 0.6) is 0 Å². The van der Waals surface area contributed by atoms with Gasteiger partial charge >= 0.3 is 12.2 Å². The van der Waals surface area contributed by atoms with Gasteiger partial charge in [0.2, 0.25) is 0 Å². The van der Waals surface area contributed by atoms with Crippen LogP contribution in [0.3, 0.4) is 0 Å². The monoisotopic (exact) mass is 391 g/mol. The molecule has 1 fully saturated rings. The Morgan fingerprint density at radius 3 is 2.21 bits per heavy atom. The lowest BCUT2D eigenvalue weighted by atomic mass is 10.0. The molecule has 0 saturated carbocycles. The van der Waals surface area contributed by atoms with Crippen molar-refractivity contribution in [1.82, 2.24) is 4.90 Å². The number of carbonyl (C=O) groups excluding carboxylic acids is 1. The van der Waals surface area contributed by atoms with Crippen LogP contribution in [-0.4, -0.2) is 37.1 Å². The molecule has 2 aromatic rings. The van der Waals surface area contributed by atoms with Crippen molar-refractivity contribution in [2.24, 2.45) is 0 Å². The van der Waals surface area contributed by atoms with E-state index in [9.17, 15) is 18.0 Å². The van der Waals surface area contributed by atoms with Gasteiger partial charge in [-0.2, -0.15) is 13.2 Å². The summed E-state index contributed by atoms with van der Waals surface area (Å²) in [4.78, 5) is 16.2. The van der Waals surface area contributed by atoms with Gasteiger partial charge in [0.05, 0.1) is 5.56 Å². The molecule has 1 N–H and O–H groups in total. The molecule has 1 heterocycles. The van der Waals surface area contributed by atoms with E-state index in [1.165, 1.54) is 17.7 Å². The standard InChI is InChI=1S/C21H24F3N3O/c1-15(2)16-6-8-19(9-7-16)26-10-12-27(13-11-26)20(28)25-18-5-3-4-17(14-18)21(22,23)24/h3-9,14-15H,10-13H2,1-2H3,(H,25,28). The van der Waals surface area contributed by atoms with Gasteiger partial charge in [0.25, 0.3) is 0 Å². The van der Waals surface area contributed by atoms with Gasteiger partial charge in [-0.1, -0.05) is 32.0 Å². The minimum Gasteiger partial charge on any atom is -0.368 e. The van der Waals surface area contributed by atoms with E-state index in [-0.39, 0.29) is 11.7 Å². The maximum atomic E-state index is 12.8. The molecule has 0 aromatic heterocycles. The summed E-state index contributed by atoms with van der Waals surface area (Å²) < 4.78 is 38.4. The van der Waals surface area contributed by atoms with Crippen molar-refractivity contribution >= 4 is 17.4 Å². The molecule has 0 aliphatic carbocycles. The summed E-state index contributed by atoms with van der Waals surface area (Å²) in [7, 11) is 0. The van der Waals surface area contributed by atoms with E-state index in [1.807, 2.05) is 0 Å². The van der Waals surface area contributed by atoms with Crippen LogP contribution in [-0.2, 0) is 6.18 Å². The van der Waals surface area contributed by atoms with Crippen LogP contribution in [0, 0.1) is 0 Å². The van der Waals surface area contributed by atoms with Crippen LogP contribution in [0.1, 0.15) is 30.9 Å². The van der Waals surface area contributed by atoms with Crippen molar-refractivity contribution in [3.05, 3.63) is 59.7 Å². The highest BCUT2D eigenvalue weighted by molar-refractivity contribution is 5.89. The van der Waals surface area contributed by atoms with Gasteiger partial charge in [-0.05, 0) is 41.8 Å². The Kier molecular flexibility index (Phi) is 5.82. The fourth-order valence-electron chi connectivity index (χ4n) is 3.21. The summed E-state index contributed by atoms with van der Waals surface area (Å²) in [5.74, 6) is 0.477. The van der Waals surface area contributed by atoms with Gasteiger partial charge in [-0.3, -0.25) is 0 Å². The van der Waals surface area contributed by atoms with Crippen LogP contribution < -0.4 is 10.2 Å². The van der Waals surface area contributed by atoms with Gasteiger partial charge in [-0.25, -0.2) is 4.79 Å². The maximum Gasteiger partial charge on any atom is 0.416 e. The number of carbonyl (C=O) groups is 1. The van der Waals surface area contributed by atoms with Crippen molar-refractivity contribution in [3.8, 4) is 0 Å². The fourth-order valence-corrected chi connectivity index (χ4v) is 3.21. The number of alkyl halides is 3. The molecular formula is C21H24F3N3O. The minimum absolute atomic E-state index is 0.145. The Morgan fingerprint density at radius 2 is 1.64 bits per heavy atom. The molecule has 3 rings (SSSR count). The Labute approximate surface area is 162 Å². The zero-order valence-electron chi connectivity index (χ0n) is 16.0. The first-order valence-electron chi connectivity index (χ1n) is 9.32. The van der Waals surface area contributed by atoms with Crippen LogP contribution in [0.15, 0.2) is 48.5 Å². The maximum absolute atomic E-state index is 12.8. The molecule has 7 heteroatoms. The van der Waals surface area contributed by atoms with Crippen molar-refractivity contribution in [3.63, 3.8) is 0 Å². The summed E-state index contributed by atoms with van der Waals surface area (Å²) in [5, 5.41) is 2.57. The van der Waals surface area contributed by atoms with Crippen molar-refractivity contribution in [2.45, 2.75) is 25.9 Å². The Balaban J connectivity index is 1.57. The van der Waals surface area contributed by atoms with Crippen LogP contribution in [0.2, 0.25) is 0 Å². The van der Waals surface area contributed by atoms with E-state index >= 15 is 0 Å².